The first-order valence-corrected chi connectivity index (χ1v) is 15.3. The second kappa shape index (κ2) is 10.6. The van der Waals surface area contributed by atoms with Crippen molar-refractivity contribution in [3.8, 4) is 11.9 Å². The third kappa shape index (κ3) is 4.62. The molecule has 6 heterocycles. The van der Waals surface area contributed by atoms with Gasteiger partial charge >= 0.3 is 0 Å². The molecule has 0 aliphatic carbocycles. The fourth-order valence-corrected chi connectivity index (χ4v) is 7.68. The lowest BCUT2D eigenvalue weighted by Gasteiger charge is -2.45. The number of imidazole rings is 1. The summed E-state index contributed by atoms with van der Waals surface area (Å²) in [6.07, 6.45) is 2.97. The molecule has 0 saturated carbocycles. The van der Waals surface area contributed by atoms with Crippen molar-refractivity contribution in [2.45, 2.75) is 64.1 Å². The van der Waals surface area contributed by atoms with Crippen LogP contribution < -0.4 is 20.7 Å². The highest BCUT2D eigenvalue weighted by molar-refractivity contribution is 7.23. The first-order valence-electron chi connectivity index (χ1n) is 14.5. The highest BCUT2D eigenvalue weighted by Crippen LogP contribution is 2.39. The molecule has 7 rings (SSSR count). The van der Waals surface area contributed by atoms with Crippen LogP contribution >= 0.6 is 11.3 Å². The van der Waals surface area contributed by atoms with E-state index in [0.29, 0.717) is 57.6 Å². The maximum Gasteiger partial charge on any atom is 0.248 e. The van der Waals surface area contributed by atoms with Crippen LogP contribution in [0.3, 0.4) is 0 Å². The summed E-state index contributed by atoms with van der Waals surface area (Å²) in [7, 11) is 0. The summed E-state index contributed by atoms with van der Waals surface area (Å²) in [6.45, 7) is 7.20. The van der Waals surface area contributed by atoms with Gasteiger partial charge in [-0.1, -0.05) is 6.07 Å². The van der Waals surface area contributed by atoms with E-state index in [1.54, 1.807) is 12.4 Å². The quantitative estimate of drug-likeness (QED) is 0.353. The Labute approximate surface area is 246 Å². The molecule has 3 aromatic heterocycles. The zero-order chi connectivity index (χ0) is 29.1. The van der Waals surface area contributed by atoms with E-state index >= 15 is 0 Å². The van der Waals surface area contributed by atoms with Crippen molar-refractivity contribution in [1.29, 1.82) is 5.26 Å². The largest absolute Gasteiger partial charge is 0.456 e. The number of rotatable bonds is 5. The van der Waals surface area contributed by atoms with Gasteiger partial charge < -0.3 is 25.3 Å². The fourth-order valence-electron chi connectivity index (χ4n) is 6.71. The van der Waals surface area contributed by atoms with Gasteiger partial charge in [0.05, 0.1) is 23.1 Å². The molecule has 3 aliphatic rings. The van der Waals surface area contributed by atoms with Crippen LogP contribution in [0.2, 0.25) is 0 Å². The normalized spacial score (nSPS) is 27.8. The van der Waals surface area contributed by atoms with Crippen LogP contribution in [-0.4, -0.2) is 75.1 Å². The summed E-state index contributed by atoms with van der Waals surface area (Å²) < 4.78 is 38.0. The number of piperazine rings is 1. The highest BCUT2D eigenvalue weighted by Gasteiger charge is 2.41. The lowest BCUT2D eigenvalue weighted by atomic mass is 9.86. The summed E-state index contributed by atoms with van der Waals surface area (Å²) >= 11 is 1.08. The smallest absolute Gasteiger partial charge is 0.248 e. The second-order valence-electron chi connectivity index (χ2n) is 11.8. The van der Waals surface area contributed by atoms with Crippen molar-refractivity contribution >= 4 is 43.5 Å². The number of halogens is 2. The molecule has 3 N–H and O–H groups in total. The Morgan fingerprint density at radius 2 is 2.12 bits per heavy atom. The number of hydrogen-bond donors (Lipinski definition) is 2. The number of nitrogens with one attached hydrogen (secondary N) is 1. The van der Waals surface area contributed by atoms with Crippen molar-refractivity contribution in [2.24, 2.45) is 5.92 Å². The molecular weight excluding hydrogens is 560 g/mol. The van der Waals surface area contributed by atoms with Gasteiger partial charge in [0.2, 0.25) is 11.8 Å². The molecule has 13 heteroatoms. The van der Waals surface area contributed by atoms with E-state index in [2.05, 4.69) is 40.0 Å². The molecule has 10 nitrogen and oxygen atoms in total. The summed E-state index contributed by atoms with van der Waals surface area (Å²) in [5.41, 5.74) is 8.19. The van der Waals surface area contributed by atoms with Gasteiger partial charge in [0, 0.05) is 49.6 Å². The molecule has 3 fully saturated rings. The number of ether oxygens (including phenoxy) is 1. The van der Waals surface area contributed by atoms with Crippen molar-refractivity contribution in [1.82, 2.24) is 29.7 Å². The predicted molar refractivity (Wildman–Crippen MR) is 158 cm³/mol. The molecule has 0 spiro atoms. The minimum absolute atomic E-state index is 0.0807. The van der Waals surface area contributed by atoms with Crippen molar-refractivity contribution in [2.75, 3.05) is 36.8 Å². The van der Waals surface area contributed by atoms with Crippen LogP contribution in [0.15, 0.2) is 18.5 Å². The number of hydrogen-bond acceptors (Lipinski definition) is 10. The van der Waals surface area contributed by atoms with Gasteiger partial charge in [0.1, 0.15) is 23.1 Å². The molecular formula is C29H33F2N9OS. The van der Waals surface area contributed by atoms with E-state index in [1.165, 1.54) is 6.07 Å². The monoisotopic (exact) mass is 593 g/mol. The van der Waals surface area contributed by atoms with Crippen LogP contribution in [0.5, 0.6) is 5.88 Å². The SMILES string of the molecule is C[C@@H]1CN[C@@H](C)CN1c1nc(OC2[C@@H]3CCCN2C[C@H](F)C3)c2ncn(Cc3ccc(F)c4sc(N)c(C#N)c34)c2n1. The topological polar surface area (TPSA) is 121 Å². The van der Waals surface area contributed by atoms with E-state index in [1.807, 2.05) is 4.57 Å². The lowest BCUT2D eigenvalue weighted by Crippen LogP contribution is -2.56. The Bertz CT molecular complexity index is 1690. The Morgan fingerprint density at radius 3 is 2.93 bits per heavy atom. The molecule has 0 radical (unpaired) electrons. The van der Waals surface area contributed by atoms with Crippen LogP contribution in [0.4, 0.5) is 19.7 Å². The Morgan fingerprint density at radius 1 is 1.26 bits per heavy atom. The Balaban J connectivity index is 1.33. The number of piperidine rings is 2. The Kier molecular flexibility index (Phi) is 6.87. The zero-order valence-corrected chi connectivity index (χ0v) is 24.4. The van der Waals surface area contributed by atoms with E-state index in [4.69, 9.17) is 20.4 Å². The second-order valence-corrected chi connectivity index (χ2v) is 12.8. The molecule has 220 valence electrons. The van der Waals surface area contributed by atoms with Crippen LogP contribution in [0, 0.1) is 23.1 Å². The Hall–Kier alpha value is -3.60. The molecule has 0 amide bonds. The molecule has 1 aromatic carbocycles. The molecule has 2 unspecified atom stereocenters. The number of thiophene rings is 1. The summed E-state index contributed by atoms with van der Waals surface area (Å²) in [4.78, 5) is 18.9. The van der Waals surface area contributed by atoms with Crippen molar-refractivity contribution in [3.05, 3.63) is 35.4 Å². The molecule has 3 aliphatic heterocycles. The maximum absolute atomic E-state index is 14.7. The van der Waals surface area contributed by atoms with Gasteiger partial charge in [0.15, 0.2) is 17.4 Å². The molecule has 2 bridgehead atoms. The highest BCUT2D eigenvalue weighted by atomic mass is 32.1. The molecule has 3 saturated heterocycles. The summed E-state index contributed by atoms with van der Waals surface area (Å²) in [5, 5.41) is 14.1. The van der Waals surface area contributed by atoms with E-state index in [-0.39, 0.29) is 29.8 Å². The zero-order valence-electron chi connectivity index (χ0n) is 23.6. The molecule has 6 atom stereocenters. The van der Waals surface area contributed by atoms with Gasteiger partial charge in [-0.2, -0.15) is 15.2 Å². The number of nitrogen functional groups attached to an aromatic ring is 1. The van der Waals surface area contributed by atoms with E-state index in [0.717, 1.165) is 49.4 Å². The number of benzene rings is 1. The van der Waals surface area contributed by atoms with Crippen molar-refractivity contribution in [3.63, 3.8) is 0 Å². The number of alkyl halides is 1. The molecule has 42 heavy (non-hydrogen) atoms. The number of aromatic nitrogens is 4. The number of nitriles is 1. The molecule has 4 aromatic rings. The first-order chi connectivity index (χ1) is 20.3. The maximum atomic E-state index is 14.7. The van der Waals surface area contributed by atoms with E-state index < -0.39 is 12.0 Å². The van der Waals surface area contributed by atoms with E-state index in [9.17, 15) is 14.0 Å². The summed E-state index contributed by atoms with van der Waals surface area (Å²) in [5.74, 6) is 0.597. The average molecular weight is 594 g/mol. The van der Waals surface area contributed by atoms with Gasteiger partial charge in [-0.15, -0.1) is 11.3 Å². The van der Waals surface area contributed by atoms with Crippen molar-refractivity contribution < 1.29 is 13.5 Å². The number of fused-ring (bicyclic) bond motifs is 4. The number of nitrogens with zero attached hydrogens (tertiary/aromatic N) is 7. The predicted octanol–water partition coefficient (Wildman–Crippen LogP) is 4.03. The number of nitrogens with two attached hydrogens (primary N) is 1. The van der Waals surface area contributed by atoms with Crippen LogP contribution in [0.1, 0.15) is 44.2 Å². The van der Waals surface area contributed by atoms with Gasteiger partial charge in [0.25, 0.3) is 0 Å². The van der Waals surface area contributed by atoms with Gasteiger partial charge in [-0.3, -0.25) is 4.90 Å². The first kappa shape index (κ1) is 27.2. The van der Waals surface area contributed by atoms with Crippen LogP contribution in [0.25, 0.3) is 21.3 Å². The minimum atomic E-state index is -0.851. The van der Waals surface area contributed by atoms with Gasteiger partial charge in [-0.25, -0.2) is 13.8 Å². The third-order valence-corrected chi connectivity index (χ3v) is 9.83. The van der Waals surface area contributed by atoms with Gasteiger partial charge in [-0.05, 0) is 44.7 Å². The van der Waals surface area contributed by atoms with Crippen LogP contribution in [-0.2, 0) is 6.54 Å². The lowest BCUT2D eigenvalue weighted by molar-refractivity contribution is -0.0965. The summed E-state index contributed by atoms with van der Waals surface area (Å²) in [6, 6.07) is 5.63. The third-order valence-electron chi connectivity index (χ3n) is 8.81. The standard InChI is InChI=1S/C29H33F2N9OS/c1-15-11-40(16(2)10-34-15)29-36-26-23(27(37-29)41-28-17-4-3-7-38(28)13-19(30)8-17)35-14-39(26)12-18-5-6-21(31)24-22(18)20(9-32)25(33)42-24/h5-6,14-17,19,28,34H,3-4,7-8,10-13,33H2,1-2H3/t15-,16+,17+,19+,28?/m0/s1. The number of anilines is 2. The average Bonchev–Trinajstić information content (AvgIpc) is 3.52. The fraction of sp³-hybridized carbons (Fsp3) is 0.517. The minimum Gasteiger partial charge on any atom is -0.456 e.